The van der Waals surface area contributed by atoms with Gasteiger partial charge in [0, 0.05) is 6.04 Å². The molecule has 0 aliphatic heterocycles. The minimum absolute atomic E-state index is 0.839. The van der Waals surface area contributed by atoms with E-state index in [1.165, 1.54) is 77.2 Å². The van der Waals surface area contributed by atoms with Crippen molar-refractivity contribution >= 4 is 0 Å². The molecule has 1 heteroatoms. The van der Waals surface area contributed by atoms with Gasteiger partial charge in [0.1, 0.15) is 0 Å². The predicted molar refractivity (Wildman–Crippen MR) is 77.6 cm³/mol. The number of hydrogen-bond acceptors (Lipinski definition) is 1. The number of allylic oxidation sites excluding steroid dienone is 1. The van der Waals surface area contributed by atoms with Crippen LogP contribution in [0.5, 0.6) is 0 Å². The van der Waals surface area contributed by atoms with Crippen LogP contribution in [0.25, 0.3) is 0 Å². The fourth-order valence-electron chi connectivity index (χ4n) is 4.46. The van der Waals surface area contributed by atoms with Crippen LogP contribution < -0.4 is 5.32 Å². The third-order valence-corrected chi connectivity index (χ3v) is 5.55. The fourth-order valence-corrected chi connectivity index (χ4v) is 4.46. The lowest BCUT2D eigenvalue weighted by molar-refractivity contribution is 0.144. The predicted octanol–water partition coefficient (Wildman–Crippen LogP) is 4.44. The Morgan fingerprint density at radius 2 is 1.89 bits per heavy atom. The van der Waals surface area contributed by atoms with E-state index < -0.39 is 0 Å². The molecule has 3 atom stereocenters. The first-order chi connectivity index (χ1) is 8.92. The molecule has 3 rings (SSSR count). The first kappa shape index (κ1) is 12.7. The molecule has 1 N–H and O–H groups in total. The largest absolute Gasteiger partial charge is 0.314 e. The molecule has 18 heavy (non-hydrogen) atoms. The van der Waals surface area contributed by atoms with Gasteiger partial charge < -0.3 is 5.32 Å². The van der Waals surface area contributed by atoms with E-state index in [0.717, 1.165) is 17.9 Å². The second-order valence-corrected chi connectivity index (χ2v) is 6.77. The van der Waals surface area contributed by atoms with Gasteiger partial charge in [0.25, 0.3) is 0 Å². The molecule has 0 heterocycles. The van der Waals surface area contributed by atoms with E-state index >= 15 is 0 Å². The molecule has 0 radical (unpaired) electrons. The summed E-state index contributed by atoms with van der Waals surface area (Å²) in [6.45, 7) is 1.23. The summed E-state index contributed by atoms with van der Waals surface area (Å²) in [5, 5.41) is 3.84. The summed E-state index contributed by atoms with van der Waals surface area (Å²) < 4.78 is 0. The molecular formula is C17H29N. The summed E-state index contributed by atoms with van der Waals surface area (Å²) in [5.41, 5.74) is 1.72. The van der Waals surface area contributed by atoms with E-state index in [0.29, 0.717) is 0 Å². The molecule has 3 unspecified atom stereocenters. The van der Waals surface area contributed by atoms with E-state index in [4.69, 9.17) is 0 Å². The van der Waals surface area contributed by atoms with Crippen LogP contribution >= 0.6 is 0 Å². The van der Waals surface area contributed by atoms with Crippen LogP contribution in [0.15, 0.2) is 11.6 Å². The van der Waals surface area contributed by atoms with Crippen molar-refractivity contribution in [3.63, 3.8) is 0 Å². The van der Waals surface area contributed by atoms with E-state index in [1.54, 1.807) is 5.57 Å². The lowest BCUT2D eigenvalue weighted by Crippen LogP contribution is -2.39. The van der Waals surface area contributed by atoms with Crippen molar-refractivity contribution in [2.24, 2.45) is 11.8 Å². The number of nitrogens with one attached hydrogen (secondary N) is 1. The molecule has 3 aliphatic rings. The quantitative estimate of drug-likeness (QED) is 0.724. The third kappa shape index (κ3) is 3.17. The van der Waals surface area contributed by atoms with Crippen LogP contribution in [0, 0.1) is 11.8 Å². The highest BCUT2D eigenvalue weighted by Crippen LogP contribution is 2.40. The van der Waals surface area contributed by atoms with Crippen LogP contribution in [0.2, 0.25) is 0 Å². The average molecular weight is 247 g/mol. The summed E-state index contributed by atoms with van der Waals surface area (Å²) in [5.74, 6) is 2.16. The van der Waals surface area contributed by atoms with Crippen LogP contribution in [0.4, 0.5) is 0 Å². The zero-order chi connectivity index (χ0) is 12.2. The fraction of sp³-hybridized carbons (Fsp3) is 0.882. The normalized spacial score (nSPS) is 36.2. The molecular weight excluding hydrogens is 218 g/mol. The highest BCUT2D eigenvalue weighted by molar-refractivity contribution is 5.07. The Hall–Kier alpha value is -0.300. The van der Waals surface area contributed by atoms with Crippen LogP contribution in [0.1, 0.15) is 70.6 Å². The van der Waals surface area contributed by atoms with Crippen molar-refractivity contribution in [1.82, 2.24) is 5.32 Å². The SMILES string of the molecule is C1=C(CCNC2CCC3CCCCC3C2)CCC1. The van der Waals surface area contributed by atoms with Gasteiger partial charge in [-0.3, -0.25) is 0 Å². The summed E-state index contributed by atoms with van der Waals surface area (Å²) in [6, 6.07) is 0.839. The smallest absolute Gasteiger partial charge is 0.00700 e. The van der Waals surface area contributed by atoms with E-state index in [2.05, 4.69) is 11.4 Å². The Labute approximate surface area is 112 Å². The lowest BCUT2D eigenvalue weighted by atomic mass is 9.69. The van der Waals surface area contributed by atoms with Gasteiger partial charge in [0.15, 0.2) is 0 Å². The molecule has 0 amide bonds. The van der Waals surface area contributed by atoms with Crippen molar-refractivity contribution in [2.45, 2.75) is 76.7 Å². The molecule has 1 nitrogen and oxygen atoms in total. The van der Waals surface area contributed by atoms with E-state index in [9.17, 15) is 0 Å². The van der Waals surface area contributed by atoms with Gasteiger partial charge >= 0.3 is 0 Å². The molecule has 3 aliphatic carbocycles. The number of fused-ring (bicyclic) bond motifs is 1. The van der Waals surface area contributed by atoms with Crippen molar-refractivity contribution in [3.05, 3.63) is 11.6 Å². The van der Waals surface area contributed by atoms with Crippen molar-refractivity contribution in [2.75, 3.05) is 6.54 Å². The van der Waals surface area contributed by atoms with Gasteiger partial charge in [-0.2, -0.15) is 0 Å². The molecule has 0 bridgehead atoms. The summed E-state index contributed by atoms with van der Waals surface area (Å²) >= 11 is 0. The summed E-state index contributed by atoms with van der Waals surface area (Å²) in [7, 11) is 0. The van der Waals surface area contributed by atoms with Gasteiger partial charge in [0.2, 0.25) is 0 Å². The van der Waals surface area contributed by atoms with Crippen molar-refractivity contribution in [3.8, 4) is 0 Å². The Morgan fingerprint density at radius 3 is 2.72 bits per heavy atom. The lowest BCUT2D eigenvalue weighted by Gasteiger charge is -2.39. The van der Waals surface area contributed by atoms with Crippen molar-refractivity contribution in [1.29, 1.82) is 0 Å². The minimum atomic E-state index is 0.839. The van der Waals surface area contributed by atoms with E-state index in [1.807, 2.05) is 0 Å². The van der Waals surface area contributed by atoms with Gasteiger partial charge in [-0.1, -0.05) is 37.3 Å². The maximum Gasteiger partial charge on any atom is 0.00700 e. The molecule has 0 aromatic carbocycles. The summed E-state index contributed by atoms with van der Waals surface area (Å²) in [4.78, 5) is 0. The van der Waals surface area contributed by atoms with Crippen molar-refractivity contribution < 1.29 is 0 Å². The van der Waals surface area contributed by atoms with Crippen LogP contribution in [0.3, 0.4) is 0 Å². The number of rotatable bonds is 4. The van der Waals surface area contributed by atoms with Gasteiger partial charge in [0.05, 0.1) is 0 Å². The molecule has 2 fully saturated rings. The standard InChI is InChI=1S/C17H29N/c1-2-6-14(5-1)11-12-18-17-10-9-15-7-3-4-8-16(15)13-17/h5,15-18H,1-4,6-13H2. The minimum Gasteiger partial charge on any atom is -0.314 e. The molecule has 2 saturated carbocycles. The summed E-state index contributed by atoms with van der Waals surface area (Å²) in [6.07, 6.45) is 18.4. The molecule has 102 valence electrons. The second kappa shape index (κ2) is 6.23. The first-order valence-corrected chi connectivity index (χ1v) is 8.33. The zero-order valence-corrected chi connectivity index (χ0v) is 11.8. The molecule has 0 spiro atoms. The maximum absolute atomic E-state index is 3.84. The first-order valence-electron chi connectivity index (χ1n) is 8.33. The second-order valence-electron chi connectivity index (χ2n) is 6.77. The number of hydrogen-bond donors (Lipinski definition) is 1. The Kier molecular flexibility index (Phi) is 4.40. The Morgan fingerprint density at radius 1 is 1.00 bits per heavy atom. The van der Waals surface area contributed by atoms with Crippen LogP contribution in [-0.4, -0.2) is 12.6 Å². The highest BCUT2D eigenvalue weighted by atomic mass is 14.9. The Balaban J connectivity index is 1.38. The van der Waals surface area contributed by atoms with Crippen LogP contribution in [-0.2, 0) is 0 Å². The monoisotopic (exact) mass is 247 g/mol. The third-order valence-electron chi connectivity index (χ3n) is 5.55. The van der Waals surface area contributed by atoms with Gasteiger partial charge in [-0.05, 0) is 63.3 Å². The Bertz CT molecular complexity index is 294. The maximum atomic E-state index is 3.84. The molecule has 0 saturated heterocycles. The molecule has 0 aromatic rings. The zero-order valence-electron chi connectivity index (χ0n) is 11.8. The topological polar surface area (TPSA) is 12.0 Å². The average Bonchev–Trinajstić information content (AvgIpc) is 2.92. The van der Waals surface area contributed by atoms with Gasteiger partial charge in [-0.25, -0.2) is 0 Å². The van der Waals surface area contributed by atoms with Gasteiger partial charge in [-0.15, -0.1) is 0 Å². The highest BCUT2D eigenvalue weighted by Gasteiger charge is 2.31. The van der Waals surface area contributed by atoms with E-state index in [-0.39, 0.29) is 0 Å². The molecule has 0 aromatic heterocycles.